The molecule has 0 amide bonds. The summed E-state index contributed by atoms with van der Waals surface area (Å²) in [5, 5.41) is 0. The number of nitrogens with two attached hydrogens (primary N) is 1. The summed E-state index contributed by atoms with van der Waals surface area (Å²) in [6.07, 6.45) is -1.89. The number of alkyl halides is 3. The van der Waals surface area contributed by atoms with Crippen LogP contribution >= 0.6 is 15.9 Å². The van der Waals surface area contributed by atoms with Gasteiger partial charge in [0.2, 0.25) is 0 Å². The highest BCUT2D eigenvalue weighted by molar-refractivity contribution is 9.10. The Morgan fingerprint density at radius 1 is 1.29 bits per heavy atom. The second-order valence-corrected chi connectivity index (χ2v) is 5.44. The molecular formula is C12H13BrF3N. The van der Waals surface area contributed by atoms with Crippen LogP contribution in [0.15, 0.2) is 22.7 Å². The molecule has 1 fully saturated rings. The molecule has 0 atom stereocenters. The van der Waals surface area contributed by atoms with E-state index in [1.165, 1.54) is 0 Å². The highest BCUT2D eigenvalue weighted by Gasteiger charge is 2.44. The Morgan fingerprint density at radius 2 is 1.94 bits per heavy atom. The fourth-order valence-electron chi connectivity index (χ4n) is 2.40. The second-order valence-electron chi connectivity index (χ2n) is 4.53. The summed E-state index contributed by atoms with van der Waals surface area (Å²) in [6, 6.07) is 4.35. The second kappa shape index (κ2) is 4.28. The molecule has 0 unspecified atom stereocenters. The van der Waals surface area contributed by atoms with Crippen molar-refractivity contribution in [3.05, 3.63) is 33.8 Å². The van der Waals surface area contributed by atoms with Crippen molar-refractivity contribution in [3.63, 3.8) is 0 Å². The van der Waals surface area contributed by atoms with Crippen LogP contribution < -0.4 is 5.73 Å². The van der Waals surface area contributed by atoms with E-state index in [1.807, 2.05) is 0 Å². The van der Waals surface area contributed by atoms with Gasteiger partial charge in [-0.05, 0) is 30.5 Å². The van der Waals surface area contributed by atoms with Crippen LogP contribution in [0.2, 0.25) is 0 Å². The molecule has 1 aliphatic carbocycles. The molecule has 5 heteroatoms. The first kappa shape index (κ1) is 12.9. The first-order valence-electron chi connectivity index (χ1n) is 5.46. The lowest BCUT2D eigenvalue weighted by Crippen LogP contribution is -2.43. The van der Waals surface area contributed by atoms with E-state index in [1.54, 1.807) is 12.1 Å². The SMILES string of the molecule is NCC1(c2ccc(Br)cc2C(F)(F)F)CCC1. The fraction of sp³-hybridized carbons (Fsp3) is 0.500. The maximum atomic E-state index is 13.0. The average molecular weight is 308 g/mol. The molecule has 0 saturated heterocycles. The van der Waals surface area contributed by atoms with Gasteiger partial charge in [0.15, 0.2) is 0 Å². The predicted octanol–water partition coefficient (Wildman–Crippen LogP) is 3.85. The standard InChI is InChI=1S/C12H13BrF3N/c13-8-2-3-9(10(6-8)12(14,15)16)11(7-17)4-1-5-11/h2-3,6H,1,4-5,7,17H2. The van der Waals surface area contributed by atoms with Crippen LogP contribution in [0.25, 0.3) is 0 Å². The van der Waals surface area contributed by atoms with Crippen molar-refractivity contribution in [2.75, 3.05) is 6.54 Å². The molecule has 0 aromatic heterocycles. The highest BCUT2D eigenvalue weighted by Crippen LogP contribution is 2.47. The summed E-state index contributed by atoms with van der Waals surface area (Å²) in [4.78, 5) is 0. The highest BCUT2D eigenvalue weighted by atomic mass is 79.9. The van der Waals surface area contributed by atoms with Gasteiger partial charge in [-0.15, -0.1) is 0 Å². The van der Waals surface area contributed by atoms with Crippen molar-refractivity contribution in [1.82, 2.24) is 0 Å². The van der Waals surface area contributed by atoms with Crippen LogP contribution in [0.4, 0.5) is 13.2 Å². The zero-order chi connectivity index (χ0) is 12.7. The largest absolute Gasteiger partial charge is 0.416 e. The van der Waals surface area contributed by atoms with E-state index in [2.05, 4.69) is 15.9 Å². The Labute approximate surface area is 106 Å². The Hall–Kier alpha value is -0.550. The summed E-state index contributed by atoms with van der Waals surface area (Å²) < 4.78 is 39.4. The van der Waals surface area contributed by atoms with Gasteiger partial charge in [0.05, 0.1) is 5.56 Å². The molecule has 0 aliphatic heterocycles. The summed E-state index contributed by atoms with van der Waals surface area (Å²) >= 11 is 3.09. The van der Waals surface area contributed by atoms with Gasteiger partial charge in [-0.2, -0.15) is 13.2 Å². The van der Waals surface area contributed by atoms with Crippen molar-refractivity contribution in [3.8, 4) is 0 Å². The molecule has 1 nitrogen and oxygen atoms in total. The van der Waals surface area contributed by atoms with Crippen molar-refractivity contribution in [1.29, 1.82) is 0 Å². The van der Waals surface area contributed by atoms with Crippen LogP contribution in [0.1, 0.15) is 30.4 Å². The molecule has 94 valence electrons. The lowest BCUT2D eigenvalue weighted by molar-refractivity contribution is -0.139. The summed E-state index contributed by atoms with van der Waals surface area (Å²) in [5.41, 5.74) is 5.00. The molecular weight excluding hydrogens is 295 g/mol. The molecule has 1 saturated carbocycles. The van der Waals surface area contributed by atoms with Crippen molar-refractivity contribution in [2.24, 2.45) is 5.73 Å². The summed E-state index contributed by atoms with van der Waals surface area (Å²) in [5.74, 6) is 0. The smallest absolute Gasteiger partial charge is 0.330 e. The van der Waals surface area contributed by atoms with E-state index < -0.39 is 17.2 Å². The zero-order valence-electron chi connectivity index (χ0n) is 9.15. The van der Waals surface area contributed by atoms with E-state index in [0.29, 0.717) is 10.0 Å². The Kier molecular flexibility index (Phi) is 3.25. The molecule has 0 spiro atoms. The number of benzene rings is 1. The number of hydrogen-bond donors (Lipinski definition) is 1. The number of hydrogen-bond acceptors (Lipinski definition) is 1. The maximum Gasteiger partial charge on any atom is 0.416 e. The van der Waals surface area contributed by atoms with Gasteiger partial charge in [-0.3, -0.25) is 0 Å². The van der Waals surface area contributed by atoms with Gasteiger partial charge >= 0.3 is 6.18 Å². The van der Waals surface area contributed by atoms with E-state index in [0.717, 1.165) is 25.3 Å². The Balaban J connectivity index is 2.53. The Bertz CT molecular complexity index is 419. The first-order valence-corrected chi connectivity index (χ1v) is 6.26. The fourth-order valence-corrected chi connectivity index (χ4v) is 2.76. The van der Waals surface area contributed by atoms with Crippen LogP contribution in [0, 0.1) is 0 Å². The van der Waals surface area contributed by atoms with Crippen molar-refractivity contribution >= 4 is 15.9 Å². The van der Waals surface area contributed by atoms with Crippen LogP contribution in [-0.2, 0) is 11.6 Å². The van der Waals surface area contributed by atoms with Gasteiger partial charge in [-0.1, -0.05) is 28.4 Å². The van der Waals surface area contributed by atoms with E-state index in [4.69, 9.17) is 5.73 Å². The third-order valence-electron chi connectivity index (χ3n) is 3.56. The third-order valence-corrected chi connectivity index (χ3v) is 4.05. The van der Waals surface area contributed by atoms with E-state index in [-0.39, 0.29) is 6.54 Å². The third kappa shape index (κ3) is 2.22. The minimum absolute atomic E-state index is 0.276. The lowest BCUT2D eigenvalue weighted by atomic mass is 9.63. The zero-order valence-corrected chi connectivity index (χ0v) is 10.7. The maximum absolute atomic E-state index is 13.0. The molecule has 0 bridgehead atoms. The molecule has 1 aromatic rings. The summed E-state index contributed by atoms with van der Waals surface area (Å²) in [6.45, 7) is 0.276. The van der Waals surface area contributed by atoms with Gasteiger partial charge in [0.1, 0.15) is 0 Å². The quantitative estimate of drug-likeness (QED) is 0.882. The van der Waals surface area contributed by atoms with E-state index in [9.17, 15) is 13.2 Å². The molecule has 0 radical (unpaired) electrons. The minimum Gasteiger partial charge on any atom is -0.330 e. The Morgan fingerprint density at radius 3 is 2.35 bits per heavy atom. The monoisotopic (exact) mass is 307 g/mol. The molecule has 1 aliphatic rings. The van der Waals surface area contributed by atoms with Gasteiger partial charge < -0.3 is 5.73 Å². The number of rotatable bonds is 2. The molecule has 17 heavy (non-hydrogen) atoms. The van der Waals surface area contributed by atoms with Crippen molar-refractivity contribution in [2.45, 2.75) is 30.9 Å². The van der Waals surface area contributed by atoms with Crippen LogP contribution in [0.5, 0.6) is 0 Å². The van der Waals surface area contributed by atoms with Crippen LogP contribution in [0.3, 0.4) is 0 Å². The van der Waals surface area contributed by atoms with Crippen molar-refractivity contribution < 1.29 is 13.2 Å². The first-order chi connectivity index (χ1) is 7.89. The molecule has 0 heterocycles. The van der Waals surface area contributed by atoms with Gasteiger partial charge in [-0.25, -0.2) is 0 Å². The lowest BCUT2D eigenvalue weighted by Gasteiger charge is -2.42. The predicted molar refractivity (Wildman–Crippen MR) is 63.7 cm³/mol. The van der Waals surface area contributed by atoms with Gasteiger partial charge in [0.25, 0.3) is 0 Å². The number of halogens is 4. The minimum atomic E-state index is -4.32. The van der Waals surface area contributed by atoms with E-state index >= 15 is 0 Å². The summed E-state index contributed by atoms with van der Waals surface area (Å²) in [7, 11) is 0. The van der Waals surface area contributed by atoms with Gasteiger partial charge in [0, 0.05) is 16.4 Å². The normalized spacial score (nSPS) is 18.9. The van der Waals surface area contributed by atoms with Crippen LogP contribution in [-0.4, -0.2) is 6.54 Å². The topological polar surface area (TPSA) is 26.0 Å². The molecule has 1 aromatic carbocycles. The average Bonchev–Trinajstić information content (AvgIpc) is 2.17. The molecule has 2 rings (SSSR count). The molecule has 2 N–H and O–H groups in total.